The van der Waals surface area contributed by atoms with Crippen molar-refractivity contribution >= 4 is 0 Å². The van der Waals surface area contributed by atoms with Gasteiger partial charge in [0.05, 0.1) is 0 Å². The number of rotatable bonds is 4. The van der Waals surface area contributed by atoms with E-state index in [0.717, 1.165) is 13.0 Å². The zero-order chi connectivity index (χ0) is 38.1. The van der Waals surface area contributed by atoms with Crippen LogP contribution in [0.2, 0.25) is 0 Å². The van der Waals surface area contributed by atoms with Gasteiger partial charge in [0.15, 0.2) is 34.9 Å². The molecule has 4 aromatic rings. The van der Waals surface area contributed by atoms with Gasteiger partial charge in [-0.1, -0.05) is 103 Å². The van der Waals surface area contributed by atoms with E-state index >= 15 is 0 Å². The van der Waals surface area contributed by atoms with Crippen LogP contribution in [0.15, 0.2) is 42.5 Å². The summed E-state index contributed by atoms with van der Waals surface area (Å²) >= 11 is 0. The maximum atomic E-state index is 13.3. The Bertz CT molecular complexity index is 1600. The first-order valence-electron chi connectivity index (χ1n) is 16.6. The summed E-state index contributed by atoms with van der Waals surface area (Å²) in [7, 11) is 0. The first kappa shape index (κ1) is 43.4. The van der Waals surface area contributed by atoms with Crippen molar-refractivity contribution in [2.45, 2.75) is 121 Å². The van der Waals surface area contributed by atoms with Crippen molar-refractivity contribution in [3.63, 3.8) is 0 Å². The molecule has 0 bridgehead atoms. The Hall–Kier alpha value is -3.61. The second kappa shape index (κ2) is 19.0. The molecule has 0 spiro atoms. The van der Waals surface area contributed by atoms with E-state index in [1.165, 1.54) is 54.2 Å². The minimum Gasteiger partial charge on any atom is -0.206 e. The maximum Gasteiger partial charge on any atom is 0.165 e. The Morgan fingerprint density at radius 2 is 0.755 bits per heavy atom. The van der Waals surface area contributed by atoms with Gasteiger partial charge in [-0.2, -0.15) is 0 Å². The Kier molecular flexibility index (Phi) is 16.8. The molecule has 0 aliphatic carbocycles. The normalized spacial score (nSPS) is 10.9. The van der Waals surface area contributed by atoms with Gasteiger partial charge in [-0.15, -0.1) is 0 Å². The zero-order valence-corrected chi connectivity index (χ0v) is 31.5. The zero-order valence-electron chi connectivity index (χ0n) is 31.5. The predicted octanol–water partition coefficient (Wildman–Crippen LogP) is 14.1. The molecule has 0 saturated carbocycles. The Morgan fingerprint density at radius 1 is 0.367 bits per heavy atom. The van der Waals surface area contributed by atoms with Crippen molar-refractivity contribution in [3.05, 3.63) is 139 Å². The van der Waals surface area contributed by atoms with Gasteiger partial charge in [0.1, 0.15) is 5.82 Å². The van der Waals surface area contributed by atoms with Crippen molar-refractivity contribution < 1.29 is 30.7 Å². The van der Waals surface area contributed by atoms with Gasteiger partial charge in [0.2, 0.25) is 0 Å². The molecule has 0 fully saturated rings. The molecule has 0 aliphatic heterocycles. The fourth-order valence-corrected chi connectivity index (χ4v) is 5.58. The maximum absolute atomic E-state index is 13.3. The van der Waals surface area contributed by atoms with Crippen LogP contribution < -0.4 is 0 Å². The van der Waals surface area contributed by atoms with E-state index < -0.39 is 57.8 Å². The lowest BCUT2D eigenvalue weighted by molar-refractivity contribution is 0.425. The number of benzene rings is 4. The van der Waals surface area contributed by atoms with E-state index in [9.17, 15) is 30.7 Å². The molecule has 7 heteroatoms. The van der Waals surface area contributed by atoms with E-state index in [2.05, 4.69) is 91.8 Å². The lowest BCUT2D eigenvalue weighted by atomic mass is 9.92. The monoisotopic (exact) mass is 690 g/mol. The Labute approximate surface area is 289 Å². The van der Waals surface area contributed by atoms with Gasteiger partial charge in [0.25, 0.3) is 0 Å². The van der Waals surface area contributed by atoms with E-state index in [1.807, 2.05) is 0 Å². The number of aryl methyl sites for hydroxylation is 5. The molecular weight excluding hydrogens is 637 g/mol. The molecule has 0 aliphatic rings. The summed E-state index contributed by atoms with van der Waals surface area (Å²) in [4.78, 5) is 0. The van der Waals surface area contributed by atoms with Crippen LogP contribution in [0.3, 0.4) is 0 Å². The van der Waals surface area contributed by atoms with Gasteiger partial charge in [-0.25, -0.2) is 30.7 Å². The second-order valence-corrected chi connectivity index (χ2v) is 13.9. The largest absolute Gasteiger partial charge is 0.206 e. The Morgan fingerprint density at radius 3 is 1.12 bits per heavy atom. The number of hydrogen-bond donors (Lipinski definition) is 0. The molecule has 270 valence electrons. The van der Waals surface area contributed by atoms with Crippen LogP contribution >= 0.6 is 0 Å². The van der Waals surface area contributed by atoms with E-state index in [1.54, 1.807) is 13.8 Å². The number of halogens is 7. The molecule has 0 heterocycles. The molecule has 49 heavy (non-hydrogen) atoms. The van der Waals surface area contributed by atoms with Crippen LogP contribution in [-0.4, -0.2) is 0 Å². The van der Waals surface area contributed by atoms with Crippen LogP contribution in [0, 0.1) is 82.3 Å². The van der Waals surface area contributed by atoms with Crippen LogP contribution in [0.25, 0.3) is 0 Å². The summed E-state index contributed by atoms with van der Waals surface area (Å²) in [5, 5.41) is 0. The van der Waals surface area contributed by atoms with Gasteiger partial charge in [-0.05, 0) is 99.1 Å². The number of hydrogen-bond acceptors (Lipinski definition) is 0. The summed E-state index contributed by atoms with van der Waals surface area (Å²) in [6.45, 7) is 26.2. The molecule has 0 atom stereocenters. The van der Waals surface area contributed by atoms with Crippen molar-refractivity contribution in [1.82, 2.24) is 0 Å². The molecule has 4 aromatic carbocycles. The molecule has 0 amide bonds. The van der Waals surface area contributed by atoms with Gasteiger partial charge < -0.3 is 0 Å². The van der Waals surface area contributed by atoms with E-state index in [-0.39, 0.29) is 17.0 Å². The average molecular weight is 691 g/mol. The minimum atomic E-state index is -1.31. The fraction of sp³-hybridized carbons (Fsp3) is 0.429. The third-order valence-corrected chi connectivity index (χ3v) is 8.10. The predicted molar refractivity (Wildman–Crippen MR) is 190 cm³/mol. The Balaban J connectivity index is 0.000000329. The van der Waals surface area contributed by atoms with Crippen LogP contribution in [0.5, 0.6) is 0 Å². The summed E-state index contributed by atoms with van der Waals surface area (Å²) in [5.41, 5.74) is 7.32. The standard InChI is InChI=1S/C12H18.C10H10F4.C10H11F3.C10H14/c1-8(2)12-10(4)6-9(3)7-11(12)5;1-4(2)6-9(13)7(11)5(3)8(12)10(6)14;1-5(2)8-9(12)6(3)4-7(11)10(8)13;1-8(2)10-6-4-9(3)5-7-10/h6-8H,1-5H3;4H,1-3H3;4-5H,1-3H3;4-8H,1-3H3. The molecule has 0 radical (unpaired) electrons. The van der Waals surface area contributed by atoms with Gasteiger partial charge in [-0.3, -0.25) is 0 Å². The highest BCUT2D eigenvalue weighted by Gasteiger charge is 2.24. The van der Waals surface area contributed by atoms with Gasteiger partial charge in [0, 0.05) is 16.7 Å². The minimum absolute atomic E-state index is 0.141. The quantitative estimate of drug-likeness (QED) is 0.148. The summed E-state index contributed by atoms with van der Waals surface area (Å²) in [6, 6.07) is 14.1. The van der Waals surface area contributed by atoms with Gasteiger partial charge >= 0.3 is 0 Å². The van der Waals surface area contributed by atoms with Crippen molar-refractivity contribution in [3.8, 4) is 0 Å². The van der Waals surface area contributed by atoms with Crippen molar-refractivity contribution in [2.75, 3.05) is 0 Å². The topological polar surface area (TPSA) is 0 Å². The molecule has 0 aromatic heterocycles. The van der Waals surface area contributed by atoms with E-state index in [0.29, 0.717) is 11.8 Å². The molecule has 4 rings (SSSR count). The van der Waals surface area contributed by atoms with Crippen molar-refractivity contribution in [2.24, 2.45) is 0 Å². The van der Waals surface area contributed by atoms with Crippen molar-refractivity contribution in [1.29, 1.82) is 0 Å². The SMILES string of the molecule is Cc1c(F)c(F)c(C(C)C)c(F)c1F.Cc1cc(C)c(C(C)C)c(C)c1.Cc1cc(F)c(F)c(C(C)C)c1F.Cc1ccc(C(C)C)cc1. The molecule has 0 unspecified atom stereocenters. The highest BCUT2D eigenvalue weighted by molar-refractivity contribution is 5.39. The summed E-state index contributed by atoms with van der Waals surface area (Å²) in [5.74, 6) is -7.57. The highest BCUT2D eigenvalue weighted by atomic mass is 19.2. The lowest BCUT2D eigenvalue weighted by Crippen LogP contribution is -2.07. The summed E-state index contributed by atoms with van der Waals surface area (Å²) < 4.78 is 91.6. The second-order valence-electron chi connectivity index (χ2n) is 13.9. The molecule has 0 saturated heterocycles. The highest BCUT2D eigenvalue weighted by Crippen LogP contribution is 2.29. The third kappa shape index (κ3) is 11.8. The smallest absolute Gasteiger partial charge is 0.165 e. The molecular formula is C42H53F7. The average Bonchev–Trinajstić information content (AvgIpc) is 2.98. The summed E-state index contributed by atoms with van der Waals surface area (Å²) in [6.07, 6.45) is 0. The molecule has 0 nitrogen and oxygen atoms in total. The van der Waals surface area contributed by atoms with E-state index in [4.69, 9.17) is 0 Å². The van der Waals surface area contributed by atoms with Crippen LogP contribution in [0.1, 0.15) is 135 Å². The van der Waals surface area contributed by atoms with Crippen LogP contribution in [0.4, 0.5) is 30.7 Å². The lowest BCUT2D eigenvalue weighted by Gasteiger charge is -2.14. The first-order chi connectivity index (χ1) is 22.5. The molecule has 0 N–H and O–H groups in total. The first-order valence-corrected chi connectivity index (χ1v) is 16.6. The third-order valence-electron chi connectivity index (χ3n) is 8.10. The van der Waals surface area contributed by atoms with Crippen LogP contribution in [-0.2, 0) is 0 Å². The fourth-order valence-electron chi connectivity index (χ4n) is 5.58.